The third kappa shape index (κ3) is 3.39. The van der Waals surface area contributed by atoms with Crippen molar-refractivity contribution in [3.63, 3.8) is 0 Å². The molecule has 0 radical (unpaired) electrons. The van der Waals surface area contributed by atoms with Gasteiger partial charge in [-0.3, -0.25) is 0 Å². The number of morpholine rings is 1. The van der Waals surface area contributed by atoms with Crippen LogP contribution in [0.2, 0.25) is 0 Å². The van der Waals surface area contributed by atoms with Crippen LogP contribution >= 0.6 is 0 Å². The van der Waals surface area contributed by atoms with Crippen molar-refractivity contribution in [3.8, 4) is 29.0 Å². The number of methoxy groups -OCH3 is 2. The van der Waals surface area contributed by atoms with Crippen LogP contribution in [0.1, 0.15) is 19.5 Å². The normalized spacial score (nSPS) is 20.2. The minimum Gasteiger partial charge on any atom is -0.493 e. The summed E-state index contributed by atoms with van der Waals surface area (Å²) in [7, 11) is 3.15. The molecule has 2 aromatic rings. The van der Waals surface area contributed by atoms with Gasteiger partial charge < -0.3 is 23.5 Å². The highest BCUT2D eigenvalue weighted by molar-refractivity contribution is 5.63. The first-order chi connectivity index (χ1) is 12.0. The Morgan fingerprint density at radius 1 is 1.16 bits per heavy atom. The number of ether oxygens (including phenoxy) is 3. The maximum Gasteiger partial charge on any atom is 0.235 e. The van der Waals surface area contributed by atoms with E-state index < -0.39 is 0 Å². The number of hydrogen-bond donors (Lipinski definition) is 0. The minimum absolute atomic E-state index is 0.0601. The van der Waals surface area contributed by atoms with Crippen LogP contribution in [0.3, 0.4) is 0 Å². The van der Waals surface area contributed by atoms with E-state index >= 15 is 0 Å². The lowest BCUT2D eigenvalue weighted by atomic mass is 10.2. The molecule has 0 amide bonds. The number of anilines is 1. The fourth-order valence-electron chi connectivity index (χ4n) is 3.04. The van der Waals surface area contributed by atoms with Crippen LogP contribution in [0.15, 0.2) is 22.6 Å². The lowest BCUT2D eigenvalue weighted by Gasteiger charge is -2.34. The highest BCUT2D eigenvalue weighted by Crippen LogP contribution is 2.35. The summed E-state index contributed by atoms with van der Waals surface area (Å²) in [5.74, 6) is 2.05. The van der Waals surface area contributed by atoms with E-state index in [2.05, 4.69) is 11.1 Å². The van der Waals surface area contributed by atoms with Crippen molar-refractivity contribution >= 4 is 5.88 Å². The van der Waals surface area contributed by atoms with Crippen molar-refractivity contribution in [2.45, 2.75) is 26.1 Å². The molecule has 1 aromatic heterocycles. The molecular formula is C18H21N3O4. The van der Waals surface area contributed by atoms with Gasteiger partial charge in [-0.15, -0.1) is 0 Å². The molecule has 0 unspecified atom stereocenters. The van der Waals surface area contributed by atoms with E-state index in [9.17, 15) is 5.26 Å². The van der Waals surface area contributed by atoms with Crippen molar-refractivity contribution in [1.82, 2.24) is 4.98 Å². The van der Waals surface area contributed by atoms with Crippen molar-refractivity contribution in [1.29, 1.82) is 5.26 Å². The molecule has 0 N–H and O–H groups in total. The lowest BCUT2D eigenvalue weighted by Crippen LogP contribution is -2.45. The van der Waals surface area contributed by atoms with Crippen LogP contribution in [-0.2, 0) is 4.74 Å². The zero-order chi connectivity index (χ0) is 18.0. The molecule has 1 aliphatic heterocycles. The van der Waals surface area contributed by atoms with Gasteiger partial charge in [-0.05, 0) is 32.0 Å². The zero-order valence-corrected chi connectivity index (χ0v) is 14.8. The van der Waals surface area contributed by atoms with Crippen molar-refractivity contribution in [3.05, 3.63) is 23.9 Å². The maximum atomic E-state index is 9.45. The number of rotatable bonds is 4. The van der Waals surface area contributed by atoms with Gasteiger partial charge in [-0.2, -0.15) is 10.2 Å². The first-order valence-corrected chi connectivity index (χ1v) is 8.09. The second-order valence-corrected chi connectivity index (χ2v) is 6.02. The number of nitriles is 1. The van der Waals surface area contributed by atoms with E-state index in [1.165, 1.54) is 0 Å². The van der Waals surface area contributed by atoms with Crippen molar-refractivity contribution in [2.75, 3.05) is 32.2 Å². The average molecular weight is 343 g/mol. The maximum absolute atomic E-state index is 9.45. The first kappa shape index (κ1) is 17.1. The lowest BCUT2D eigenvalue weighted by molar-refractivity contribution is -0.00638. The quantitative estimate of drug-likeness (QED) is 0.844. The van der Waals surface area contributed by atoms with Crippen LogP contribution in [0.4, 0.5) is 5.88 Å². The molecule has 2 heterocycles. The summed E-state index contributed by atoms with van der Waals surface area (Å²) in [6.45, 7) is 5.31. The van der Waals surface area contributed by atoms with Crippen LogP contribution < -0.4 is 14.4 Å². The summed E-state index contributed by atoms with van der Waals surface area (Å²) in [4.78, 5) is 6.36. The second-order valence-electron chi connectivity index (χ2n) is 6.02. The molecule has 7 nitrogen and oxygen atoms in total. The van der Waals surface area contributed by atoms with Crippen molar-refractivity contribution < 1.29 is 18.6 Å². The summed E-state index contributed by atoms with van der Waals surface area (Å²) >= 11 is 0. The highest BCUT2D eigenvalue weighted by Gasteiger charge is 2.28. The van der Waals surface area contributed by atoms with Gasteiger partial charge in [0.2, 0.25) is 17.5 Å². The van der Waals surface area contributed by atoms with E-state index in [1.54, 1.807) is 26.4 Å². The fraction of sp³-hybridized carbons (Fsp3) is 0.444. The summed E-state index contributed by atoms with van der Waals surface area (Å²) in [5, 5.41) is 9.45. The van der Waals surface area contributed by atoms with Gasteiger partial charge >= 0.3 is 0 Å². The molecule has 1 aliphatic rings. The number of hydrogen-bond acceptors (Lipinski definition) is 7. The molecule has 0 aliphatic carbocycles. The molecule has 2 atom stereocenters. The third-order valence-corrected chi connectivity index (χ3v) is 4.05. The van der Waals surface area contributed by atoms with Gasteiger partial charge in [0.05, 0.1) is 26.4 Å². The Hall–Kier alpha value is -2.72. The predicted molar refractivity (Wildman–Crippen MR) is 92.0 cm³/mol. The van der Waals surface area contributed by atoms with Gasteiger partial charge in [0.25, 0.3) is 0 Å². The number of benzene rings is 1. The Morgan fingerprint density at radius 3 is 2.44 bits per heavy atom. The van der Waals surface area contributed by atoms with Gasteiger partial charge in [0.15, 0.2) is 11.5 Å². The molecule has 3 rings (SSSR count). The van der Waals surface area contributed by atoms with Crippen LogP contribution in [-0.4, -0.2) is 44.5 Å². The first-order valence-electron chi connectivity index (χ1n) is 8.09. The molecule has 1 fully saturated rings. The summed E-state index contributed by atoms with van der Waals surface area (Å²) in [5.41, 5.74) is 0.987. The Morgan fingerprint density at radius 2 is 1.84 bits per heavy atom. The van der Waals surface area contributed by atoms with E-state index in [0.29, 0.717) is 36.4 Å². The Bertz CT molecular complexity index is 786. The SMILES string of the molecule is COc1ccc(-c2nc(C#N)c(N3C[C@@H](C)O[C@H](C)C3)o2)cc1OC. The Kier molecular flexibility index (Phi) is 4.81. The van der Waals surface area contributed by atoms with Crippen LogP contribution in [0.25, 0.3) is 11.5 Å². The highest BCUT2D eigenvalue weighted by atomic mass is 16.5. The van der Waals surface area contributed by atoms with Gasteiger partial charge in [0, 0.05) is 18.7 Å². The minimum atomic E-state index is 0.0601. The van der Waals surface area contributed by atoms with E-state index in [-0.39, 0.29) is 17.9 Å². The summed E-state index contributed by atoms with van der Waals surface area (Å²) < 4.78 is 22.2. The summed E-state index contributed by atoms with van der Waals surface area (Å²) in [6, 6.07) is 7.50. The van der Waals surface area contributed by atoms with E-state index in [1.807, 2.05) is 24.8 Å². The largest absolute Gasteiger partial charge is 0.493 e. The second kappa shape index (κ2) is 7.03. The Balaban J connectivity index is 1.97. The smallest absolute Gasteiger partial charge is 0.235 e. The average Bonchev–Trinajstić information content (AvgIpc) is 3.04. The number of aromatic nitrogens is 1. The number of nitrogens with zero attached hydrogens (tertiary/aromatic N) is 3. The van der Waals surface area contributed by atoms with E-state index in [0.717, 1.165) is 5.56 Å². The monoisotopic (exact) mass is 343 g/mol. The van der Waals surface area contributed by atoms with Gasteiger partial charge in [-0.25, -0.2) is 0 Å². The predicted octanol–water partition coefficient (Wildman–Crippen LogP) is 2.84. The van der Waals surface area contributed by atoms with Crippen LogP contribution in [0, 0.1) is 11.3 Å². The molecular weight excluding hydrogens is 322 g/mol. The Labute approximate surface area is 146 Å². The topological polar surface area (TPSA) is 80.8 Å². The molecule has 1 aromatic carbocycles. The molecule has 0 spiro atoms. The molecule has 0 bridgehead atoms. The van der Waals surface area contributed by atoms with Gasteiger partial charge in [-0.1, -0.05) is 0 Å². The van der Waals surface area contributed by atoms with Crippen molar-refractivity contribution in [2.24, 2.45) is 0 Å². The third-order valence-electron chi connectivity index (χ3n) is 4.05. The van der Waals surface area contributed by atoms with Crippen LogP contribution in [0.5, 0.6) is 11.5 Å². The molecule has 0 saturated carbocycles. The molecule has 132 valence electrons. The molecule has 7 heteroatoms. The standard InChI is InChI=1S/C18H21N3O4/c1-11-9-21(10-12(2)24-11)18-14(8-19)20-17(25-18)13-5-6-15(22-3)16(7-13)23-4/h5-7,11-12H,9-10H2,1-4H3/t11-,12-/m1/s1. The molecule has 25 heavy (non-hydrogen) atoms. The van der Waals surface area contributed by atoms with E-state index in [4.69, 9.17) is 18.6 Å². The summed E-state index contributed by atoms with van der Waals surface area (Å²) in [6.07, 6.45) is 0.120. The molecule has 1 saturated heterocycles. The van der Waals surface area contributed by atoms with Gasteiger partial charge in [0.1, 0.15) is 6.07 Å². The fourth-order valence-corrected chi connectivity index (χ4v) is 3.04. The number of oxazole rings is 1. The zero-order valence-electron chi connectivity index (χ0n) is 14.8.